The van der Waals surface area contributed by atoms with Crippen molar-refractivity contribution in [1.29, 1.82) is 0 Å². The second-order valence-electron chi connectivity index (χ2n) is 5.45. The lowest BCUT2D eigenvalue weighted by atomic mass is 10.1. The normalized spacial score (nSPS) is 15.5. The number of ether oxygens (including phenoxy) is 2. The van der Waals surface area contributed by atoms with Gasteiger partial charge in [-0.25, -0.2) is 9.98 Å². The molecule has 0 bridgehead atoms. The van der Waals surface area contributed by atoms with Gasteiger partial charge >= 0.3 is 0 Å². The molecular weight excluding hydrogens is 300 g/mol. The van der Waals surface area contributed by atoms with Crippen molar-refractivity contribution in [2.45, 2.75) is 13.3 Å². The number of hydrogen-bond acceptors (Lipinski definition) is 4. The van der Waals surface area contributed by atoms with E-state index in [0.717, 1.165) is 55.6 Å². The van der Waals surface area contributed by atoms with Crippen LogP contribution in [0.25, 0.3) is 0 Å². The van der Waals surface area contributed by atoms with E-state index in [4.69, 9.17) is 9.47 Å². The zero-order chi connectivity index (χ0) is 16.6. The molecule has 0 saturated heterocycles. The van der Waals surface area contributed by atoms with E-state index in [1.165, 1.54) is 5.56 Å². The monoisotopic (exact) mass is 322 g/mol. The van der Waals surface area contributed by atoms with Gasteiger partial charge in [-0.05, 0) is 30.2 Å². The van der Waals surface area contributed by atoms with E-state index < -0.39 is 0 Å². The highest BCUT2D eigenvalue weighted by atomic mass is 16.5. The van der Waals surface area contributed by atoms with E-state index in [2.05, 4.69) is 35.1 Å². The van der Waals surface area contributed by atoms with E-state index >= 15 is 0 Å². The summed E-state index contributed by atoms with van der Waals surface area (Å²) in [7, 11) is 0. The molecule has 24 heavy (non-hydrogen) atoms. The van der Waals surface area contributed by atoms with Crippen molar-refractivity contribution in [3.05, 3.63) is 71.3 Å². The summed E-state index contributed by atoms with van der Waals surface area (Å²) < 4.78 is 10.7. The standard InChI is InChI=1S/C11H13NO.C9H9NO/c1-2-9-5-3-4-6-10(9)11-12-7-8-13-11;1-2-4-8(5-3-1)9-10-6-7-11-9/h3-6H,2,7-8H2,1H3;1-5H,6-7H2. The van der Waals surface area contributed by atoms with Crippen molar-refractivity contribution in [3.63, 3.8) is 0 Å². The Morgan fingerprint density at radius 2 is 1.42 bits per heavy atom. The van der Waals surface area contributed by atoms with Crippen LogP contribution in [0.5, 0.6) is 0 Å². The second-order valence-corrected chi connectivity index (χ2v) is 5.45. The number of rotatable bonds is 3. The zero-order valence-electron chi connectivity index (χ0n) is 13.9. The summed E-state index contributed by atoms with van der Waals surface area (Å²) in [5.41, 5.74) is 3.54. The van der Waals surface area contributed by atoms with Crippen LogP contribution in [0.4, 0.5) is 0 Å². The highest BCUT2D eigenvalue weighted by Gasteiger charge is 2.12. The molecule has 124 valence electrons. The van der Waals surface area contributed by atoms with Gasteiger partial charge in [-0.2, -0.15) is 0 Å². The van der Waals surface area contributed by atoms with E-state index in [1.807, 2.05) is 36.4 Å². The topological polar surface area (TPSA) is 43.2 Å². The van der Waals surface area contributed by atoms with Crippen LogP contribution >= 0.6 is 0 Å². The molecule has 0 saturated carbocycles. The number of nitrogens with zero attached hydrogens (tertiary/aromatic N) is 2. The Morgan fingerprint density at radius 3 is 2.04 bits per heavy atom. The fourth-order valence-electron chi connectivity index (χ4n) is 2.63. The van der Waals surface area contributed by atoms with Gasteiger partial charge in [0.2, 0.25) is 11.8 Å². The molecule has 0 fully saturated rings. The Morgan fingerprint density at radius 1 is 0.792 bits per heavy atom. The summed E-state index contributed by atoms with van der Waals surface area (Å²) in [5.74, 6) is 1.60. The molecule has 0 radical (unpaired) electrons. The van der Waals surface area contributed by atoms with Crippen molar-refractivity contribution >= 4 is 11.8 Å². The molecular formula is C20H22N2O2. The lowest BCUT2D eigenvalue weighted by molar-refractivity contribution is 0.348. The Kier molecular flexibility index (Phi) is 5.61. The number of aliphatic imine (C=N–C) groups is 2. The van der Waals surface area contributed by atoms with Crippen molar-refractivity contribution in [2.24, 2.45) is 9.98 Å². The van der Waals surface area contributed by atoms with Crippen LogP contribution in [-0.2, 0) is 15.9 Å². The molecule has 0 amide bonds. The van der Waals surface area contributed by atoms with Gasteiger partial charge in [0.15, 0.2) is 0 Å². The molecule has 2 heterocycles. The molecule has 2 aliphatic heterocycles. The summed E-state index contributed by atoms with van der Waals surface area (Å²) in [5, 5.41) is 0. The molecule has 0 aromatic heterocycles. The van der Waals surface area contributed by atoms with Gasteiger partial charge in [0.25, 0.3) is 0 Å². The predicted molar refractivity (Wildman–Crippen MR) is 97.0 cm³/mol. The minimum absolute atomic E-state index is 0.726. The van der Waals surface area contributed by atoms with Gasteiger partial charge in [-0.3, -0.25) is 0 Å². The van der Waals surface area contributed by atoms with Gasteiger partial charge in [-0.1, -0.05) is 43.3 Å². The Bertz CT molecular complexity index is 723. The molecule has 2 aliphatic rings. The first-order valence-electron chi connectivity index (χ1n) is 8.36. The van der Waals surface area contributed by atoms with Crippen molar-refractivity contribution in [1.82, 2.24) is 0 Å². The fraction of sp³-hybridized carbons (Fsp3) is 0.300. The number of hydrogen-bond donors (Lipinski definition) is 0. The van der Waals surface area contributed by atoms with E-state index in [1.54, 1.807) is 0 Å². The Hall–Kier alpha value is -2.62. The molecule has 0 spiro atoms. The molecule has 4 nitrogen and oxygen atoms in total. The first kappa shape index (κ1) is 16.2. The Labute approximate surface area is 142 Å². The quantitative estimate of drug-likeness (QED) is 0.868. The summed E-state index contributed by atoms with van der Waals surface area (Å²) in [4.78, 5) is 8.51. The van der Waals surface area contributed by atoms with Gasteiger partial charge in [0, 0.05) is 11.1 Å². The average Bonchev–Trinajstić information content (AvgIpc) is 3.37. The maximum Gasteiger partial charge on any atom is 0.216 e. The van der Waals surface area contributed by atoms with E-state index in [0.29, 0.717) is 0 Å². The molecule has 0 atom stereocenters. The zero-order valence-corrected chi connectivity index (χ0v) is 13.9. The minimum atomic E-state index is 0.726. The Balaban J connectivity index is 0.000000143. The van der Waals surface area contributed by atoms with Crippen LogP contribution < -0.4 is 0 Å². The third kappa shape index (κ3) is 4.02. The van der Waals surface area contributed by atoms with Gasteiger partial charge in [0.05, 0.1) is 13.1 Å². The molecule has 2 aromatic rings. The summed E-state index contributed by atoms with van der Waals surface area (Å²) in [6, 6.07) is 18.2. The third-order valence-electron chi connectivity index (χ3n) is 3.82. The third-order valence-corrected chi connectivity index (χ3v) is 3.82. The summed E-state index contributed by atoms with van der Waals surface area (Å²) in [6.45, 7) is 5.20. The summed E-state index contributed by atoms with van der Waals surface area (Å²) >= 11 is 0. The van der Waals surface area contributed by atoms with Crippen molar-refractivity contribution in [2.75, 3.05) is 26.3 Å². The summed E-state index contributed by atoms with van der Waals surface area (Å²) in [6.07, 6.45) is 1.03. The molecule has 4 heteroatoms. The van der Waals surface area contributed by atoms with Crippen LogP contribution in [0.2, 0.25) is 0 Å². The molecule has 0 aliphatic carbocycles. The highest BCUT2D eigenvalue weighted by Crippen LogP contribution is 2.13. The molecule has 4 rings (SSSR count). The van der Waals surface area contributed by atoms with Crippen molar-refractivity contribution < 1.29 is 9.47 Å². The van der Waals surface area contributed by atoms with Crippen LogP contribution in [0.3, 0.4) is 0 Å². The maximum absolute atomic E-state index is 5.43. The smallest absolute Gasteiger partial charge is 0.216 e. The van der Waals surface area contributed by atoms with Gasteiger partial charge < -0.3 is 9.47 Å². The van der Waals surface area contributed by atoms with Crippen LogP contribution in [0.1, 0.15) is 23.6 Å². The minimum Gasteiger partial charge on any atom is -0.476 e. The van der Waals surface area contributed by atoms with E-state index in [-0.39, 0.29) is 0 Å². The average molecular weight is 322 g/mol. The lowest BCUT2D eigenvalue weighted by Gasteiger charge is -2.06. The van der Waals surface area contributed by atoms with E-state index in [9.17, 15) is 0 Å². The van der Waals surface area contributed by atoms with Crippen molar-refractivity contribution in [3.8, 4) is 0 Å². The van der Waals surface area contributed by atoms with Crippen LogP contribution in [-0.4, -0.2) is 38.1 Å². The second kappa shape index (κ2) is 8.29. The van der Waals surface area contributed by atoms with Crippen LogP contribution in [0.15, 0.2) is 64.6 Å². The molecule has 0 unspecified atom stereocenters. The maximum atomic E-state index is 5.43. The molecule has 0 N–H and O–H groups in total. The number of aryl methyl sites for hydroxylation is 1. The van der Waals surface area contributed by atoms with Crippen LogP contribution in [0, 0.1) is 0 Å². The highest BCUT2D eigenvalue weighted by molar-refractivity contribution is 5.96. The first-order valence-corrected chi connectivity index (χ1v) is 8.36. The fourth-order valence-corrected chi connectivity index (χ4v) is 2.63. The predicted octanol–water partition coefficient (Wildman–Crippen LogP) is 3.49. The first-order chi connectivity index (χ1) is 11.9. The molecule has 2 aromatic carbocycles. The lowest BCUT2D eigenvalue weighted by Crippen LogP contribution is -2.04. The van der Waals surface area contributed by atoms with Gasteiger partial charge in [-0.15, -0.1) is 0 Å². The number of benzene rings is 2. The largest absolute Gasteiger partial charge is 0.476 e. The SMILES string of the molecule is CCc1ccccc1C1=NCCO1.c1ccc(C2=NCCO2)cc1. The van der Waals surface area contributed by atoms with Gasteiger partial charge in [0.1, 0.15) is 13.2 Å².